The van der Waals surface area contributed by atoms with E-state index in [-0.39, 0.29) is 17.4 Å². The van der Waals surface area contributed by atoms with Crippen LogP contribution in [0.3, 0.4) is 0 Å². The van der Waals surface area contributed by atoms with Crippen LogP contribution >= 0.6 is 0 Å². The molecule has 2 unspecified atom stereocenters. The van der Waals surface area contributed by atoms with Crippen molar-refractivity contribution in [1.82, 2.24) is 0 Å². The van der Waals surface area contributed by atoms with Gasteiger partial charge >= 0.3 is 0 Å². The smallest absolute Gasteiger partial charge is 0.0676 e. The highest BCUT2D eigenvalue weighted by Gasteiger charge is 2.52. The van der Waals surface area contributed by atoms with Gasteiger partial charge in [0, 0.05) is 5.41 Å². The quantitative estimate of drug-likeness (QED) is 0.793. The summed E-state index contributed by atoms with van der Waals surface area (Å²) in [5.41, 5.74) is 7.08. The molecule has 0 aliphatic heterocycles. The molecule has 1 saturated carbocycles. The van der Waals surface area contributed by atoms with Gasteiger partial charge in [0.2, 0.25) is 0 Å². The predicted molar refractivity (Wildman–Crippen MR) is 70.8 cm³/mol. The van der Waals surface area contributed by atoms with Crippen LogP contribution in [0.2, 0.25) is 0 Å². The van der Waals surface area contributed by atoms with Crippen molar-refractivity contribution >= 4 is 0 Å². The third kappa shape index (κ3) is 2.38. The molecule has 0 aromatic heterocycles. The summed E-state index contributed by atoms with van der Waals surface area (Å²) in [4.78, 5) is 0. The standard InChI is InChI=1S/C15H23NO/c1-2-6-12(11-16)14(17)15(9-10-15)13-7-4-3-5-8-13/h3-5,7-8,12,14,17H,2,6,9-11,16H2,1H3. The van der Waals surface area contributed by atoms with E-state index in [0.717, 1.165) is 25.7 Å². The molecule has 1 fully saturated rings. The van der Waals surface area contributed by atoms with Gasteiger partial charge in [0.25, 0.3) is 0 Å². The van der Waals surface area contributed by atoms with Gasteiger partial charge in [-0.1, -0.05) is 43.7 Å². The summed E-state index contributed by atoms with van der Waals surface area (Å²) in [5.74, 6) is 0.239. The minimum atomic E-state index is -0.283. The molecule has 0 radical (unpaired) electrons. The fourth-order valence-corrected chi connectivity index (χ4v) is 2.89. The fourth-order valence-electron chi connectivity index (χ4n) is 2.89. The number of rotatable bonds is 6. The Morgan fingerprint density at radius 3 is 2.41 bits per heavy atom. The van der Waals surface area contributed by atoms with Gasteiger partial charge in [0.05, 0.1) is 6.10 Å². The van der Waals surface area contributed by atoms with Gasteiger partial charge in [-0.05, 0) is 37.3 Å². The average molecular weight is 233 g/mol. The molecule has 1 aliphatic rings. The largest absolute Gasteiger partial charge is 0.392 e. The second kappa shape index (κ2) is 5.19. The first-order chi connectivity index (χ1) is 8.24. The van der Waals surface area contributed by atoms with E-state index in [1.807, 2.05) is 6.07 Å². The zero-order chi connectivity index (χ0) is 12.3. The Morgan fingerprint density at radius 2 is 1.94 bits per heavy atom. The summed E-state index contributed by atoms with van der Waals surface area (Å²) in [6.45, 7) is 2.74. The highest BCUT2D eigenvalue weighted by molar-refractivity contribution is 5.33. The van der Waals surface area contributed by atoms with Crippen molar-refractivity contribution in [3.8, 4) is 0 Å². The predicted octanol–water partition coefficient (Wildman–Crippen LogP) is 2.45. The maximum atomic E-state index is 10.6. The molecule has 2 rings (SSSR count). The molecule has 1 aromatic carbocycles. The summed E-state index contributed by atoms with van der Waals surface area (Å²) >= 11 is 0. The molecular formula is C15H23NO. The number of hydrogen-bond acceptors (Lipinski definition) is 2. The summed E-state index contributed by atoms with van der Waals surface area (Å²) in [7, 11) is 0. The monoisotopic (exact) mass is 233 g/mol. The molecular weight excluding hydrogens is 210 g/mol. The molecule has 0 heterocycles. The molecule has 1 aromatic rings. The van der Waals surface area contributed by atoms with Crippen LogP contribution in [0.25, 0.3) is 0 Å². The maximum Gasteiger partial charge on any atom is 0.0676 e. The minimum absolute atomic E-state index is 0.000463. The summed E-state index contributed by atoms with van der Waals surface area (Å²) in [6.07, 6.45) is 4.02. The number of hydrogen-bond donors (Lipinski definition) is 2. The van der Waals surface area contributed by atoms with Gasteiger partial charge in [-0.15, -0.1) is 0 Å². The van der Waals surface area contributed by atoms with Gasteiger partial charge < -0.3 is 10.8 Å². The van der Waals surface area contributed by atoms with E-state index in [0.29, 0.717) is 6.54 Å². The van der Waals surface area contributed by atoms with E-state index < -0.39 is 0 Å². The van der Waals surface area contributed by atoms with E-state index in [9.17, 15) is 5.11 Å². The lowest BCUT2D eigenvalue weighted by Crippen LogP contribution is -2.37. The third-order valence-corrected chi connectivity index (χ3v) is 4.11. The first-order valence-corrected chi connectivity index (χ1v) is 6.68. The van der Waals surface area contributed by atoms with E-state index in [4.69, 9.17) is 5.73 Å². The second-order valence-electron chi connectivity index (χ2n) is 5.25. The van der Waals surface area contributed by atoms with Crippen molar-refractivity contribution in [1.29, 1.82) is 0 Å². The lowest BCUT2D eigenvalue weighted by atomic mass is 9.81. The Balaban J connectivity index is 2.16. The third-order valence-electron chi connectivity index (χ3n) is 4.11. The minimum Gasteiger partial charge on any atom is -0.392 e. The summed E-state index contributed by atoms with van der Waals surface area (Å²) in [6, 6.07) is 10.4. The highest BCUT2D eigenvalue weighted by atomic mass is 16.3. The summed E-state index contributed by atoms with van der Waals surface area (Å²) in [5, 5.41) is 10.6. The van der Waals surface area contributed by atoms with Crippen molar-refractivity contribution in [3.05, 3.63) is 35.9 Å². The highest BCUT2D eigenvalue weighted by Crippen LogP contribution is 2.53. The molecule has 0 amide bonds. The Bertz CT molecular complexity index is 345. The molecule has 0 saturated heterocycles. The SMILES string of the molecule is CCCC(CN)C(O)C1(c2ccccc2)CC1. The second-order valence-corrected chi connectivity index (χ2v) is 5.25. The average Bonchev–Trinajstić information content (AvgIpc) is 3.18. The zero-order valence-electron chi connectivity index (χ0n) is 10.6. The maximum absolute atomic E-state index is 10.6. The van der Waals surface area contributed by atoms with Crippen LogP contribution < -0.4 is 5.73 Å². The van der Waals surface area contributed by atoms with Crippen molar-refractivity contribution in [3.63, 3.8) is 0 Å². The molecule has 3 N–H and O–H groups in total. The van der Waals surface area contributed by atoms with Crippen LogP contribution in [0, 0.1) is 5.92 Å². The van der Waals surface area contributed by atoms with Gasteiger partial charge in [-0.2, -0.15) is 0 Å². The molecule has 94 valence electrons. The van der Waals surface area contributed by atoms with Gasteiger partial charge in [-0.25, -0.2) is 0 Å². The van der Waals surface area contributed by atoms with E-state index >= 15 is 0 Å². The first kappa shape index (κ1) is 12.6. The Kier molecular flexibility index (Phi) is 3.85. The van der Waals surface area contributed by atoms with Gasteiger partial charge in [0.15, 0.2) is 0 Å². The number of aliphatic hydroxyl groups excluding tert-OH is 1. The molecule has 2 heteroatoms. The normalized spacial score (nSPS) is 20.9. The summed E-state index contributed by atoms with van der Waals surface area (Å²) < 4.78 is 0. The topological polar surface area (TPSA) is 46.2 Å². The van der Waals surface area contributed by atoms with Crippen molar-refractivity contribution < 1.29 is 5.11 Å². The lowest BCUT2D eigenvalue weighted by Gasteiger charge is -2.29. The van der Waals surface area contributed by atoms with E-state index in [2.05, 4.69) is 31.2 Å². The molecule has 17 heavy (non-hydrogen) atoms. The number of nitrogens with two attached hydrogens (primary N) is 1. The van der Waals surface area contributed by atoms with Crippen LogP contribution in [0.1, 0.15) is 38.2 Å². The van der Waals surface area contributed by atoms with Crippen LogP contribution in [0.4, 0.5) is 0 Å². The number of benzene rings is 1. The van der Waals surface area contributed by atoms with Crippen LogP contribution in [0.5, 0.6) is 0 Å². The molecule has 0 spiro atoms. The fraction of sp³-hybridized carbons (Fsp3) is 0.600. The van der Waals surface area contributed by atoms with E-state index in [1.54, 1.807) is 0 Å². The Morgan fingerprint density at radius 1 is 1.29 bits per heavy atom. The van der Waals surface area contributed by atoms with Crippen LogP contribution in [0.15, 0.2) is 30.3 Å². The van der Waals surface area contributed by atoms with Crippen molar-refractivity contribution in [2.45, 2.75) is 44.1 Å². The van der Waals surface area contributed by atoms with Crippen LogP contribution in [-0.4, -0.2) is 17.8 Å². The molecule has 0 bridgehead atoms. The van der Waals surface area contributed by atoms with E-state index in [1.165, 1.54) is 5.56 Å². The van der Waals surface area contributed by atoms with Gasteiger partial charge in [-0.3, -0.25) is 0 Å². The van der Waals surface area contributed by atoms with Crippen molar-refractivity contribution in [2.24, 2.45) is 11.7 Å². The molecule has 1 aliphatic carbocycles. The van der Waals surface area contributed by atoms with Crippen molar-refractivity contribution in [2.75, 3.05) is 6.54 Å². The van der Waals surface area contributed by atoms with Crippen LogP contribution in [-0.2, 0) is 5.41 Å². The molecule has 2 nitrogen and oxygen atoms in total. The Labute approximate surface area is 104 Å². The number of aliphatic hydroxyl groups is 1. The van der Waals surface area contributed by atoms with Gasteiger partial charge in [0.1, 0.15) is 0 Å². The Hall–Kier alpha value is -0.860. The first-order valence-electron chi connectivity index (χ1n) is 6.68. The lowest BCUT2D eigenvalue weighted by molar-refractivity contribution is 0.0685. The molecule has 2 atom stereocenters. The zero-order valence-corrected chi connectivity index (χ0v) is 10.6.